The molecule has 0 aromatic carbocycles. The van der Waals surface area contributed by atoms with Gasteiger partial charge < -0.3 is 9.88 Å². The predicted molar refractivity (Wildman–Crippen MR) is 76.9 cm³/mol. The van der Waals surface area contributed by atoms with Gasteiger partial charge >= 0.3 is 0 Å². The van der Waals surface area contributed by atoms with Gasteiger partial charge in [-0.2, -0.15) is 0 Å². The maximum atomic E-state index is 4.45. The Morgan fingerprint density at radius 3 is 2.89 bits per heavy atom. The Morgan fingerprint density at radius 1 is 1.32 bits per heavy atom. The SMILES string of the molecule is Cn1ccnc1CN1CCNC(C2CCCCC2)C1. The number of imidazole rings is 1. The Kier molecular flexibility index (Phi) is 4.18. The van der Waals surface area contributed by atoms with Gasteiger partial charge in [-0.3, -0.25) is 4.90 Å². The number of nitrogens with zero attached hydrogens (tertiary/aromatic N) is 3. The summed E-state index contributed by atoms with van der Waals surface area (Å²) < 4.78 is 2.14. The molecule has 4 heteroatoms. The van der Waals surface area contributed by atoms with Crippen molar-refractivity contribution in [1.29, 1.82) is 0 Å². The average molecular weight is 262 g/mol. The minimum Gasteiger partial charge on any atom is -0.337 e. The molecule has 4 nitrogen and oxygen atoms in total. The van der Waals surface area contributed by atoms with Gasteiger partial charge in [-0.15, -0.1) is 0 Å². The Hall–Kier alpha value is -0.870. The topological polar surface area (TPSA) is 33.1 Å². The van der Waals surface area contributed by atoms with Gasteiger partial charge in [-0.05, 0) is 18.8 Å². The van der Waals surface area contributed by atoms with Crippen LogP contribution in [-0.4, -0.2) is 40.1 Å². The number of piperazine rings is 1. The maximum absolute atomic E-state index is 4.45. The number of nitrogens with one attached hydrogen (secondary N) is 1. The van der Waals surface area contributed by atoms with E-state index in [0.29, 0.717) is 6.04 Å². The molecule has 1 saturated carbocycles. The molecule has 19 heavy (non-hydrogen) atoms. The smallest absolute Gasteiger partial charge is 0.122 e. The molecule has 1 aliphatic carbocycles. The molecule has 2 heterocycles. The summed E-state index contributed by atoms with van der Waals surface area (Å²) >= 11 is 0. The Morgan fingerprint density at radius 2 is 2.16 bits per heavy atom. The third-order valence-electron chi connectivity index (χ3n) is 4.79. The molecule has 1 N–H and O–H groups in total. The second-order valence-corrected chi connectivity index (χ2v) is 6.15. The van der Waals surface area contributed by atoms with Crippen LogP contribution in [0, 0.1) is 5.92 Å². The molecular weight excluding hydrogens is 236 g/mol. The molecule has 0 radical (unpaired) electrons. The number of hydrogen-bond acceptors (Lipinski definition) is 3. The van der Waals surface area contributed by atoms with Crippen molar-refractivity contribution in [3.05, 3.63) is 18.2 Å². The van der Waals surface area contributed by atoms with Gasteiger partial charge in [0.2, 0.25) is 0 Å². The van der Waals surface area contributed by atoms with Crippen LogP contribution in [0.25, 0.3) is 0 Å². The summed E-state index contributed by atoms with van der Waals surface area (Å²) in [5.74, 6) is 2.09. The van der Waals surface area contributed by atoms with Crippen LogP contribution < -0.4 is 5.32 Å². The highest BCUT2D eigenvalue weighted by atomic mass is 15.2. The molecule has 2 fully saturated rings. The summed E-state index contributed by atoms with van der Waals surface area (Å²) in [6.45, 7) is 4.47. The molecule has 0 spiro atoms. The lowest BCUT2D eigenvalue weighted by molar-refractivity contribution is 0.138. The van der Waals surface area contributed by atoms with Crippen molar-refractivity contribution in [3.8, 4) is 0 Å². The molecule has 1 aromatic heterocycles. The van der Waals surface area contributed by atoms with E-state index in [4.69, 9.17) is 0 Å². The standard InChI is InChI=1S/C15H26N4/c1-18-9-7-17-15(18)12-19-10-8-16-14(11-19)13-5-3-2-4-6-13/h7,9,13-14,16H,2-6,8,10-12H2,1H3. The number of aryl methyl sites for hydroxylation is 1. The zero-order valence-corrected chi connectivity index (χ0v) is 12.0. The fourth-order valence-corrected chi connectivity index (χ4v) is 3.59. The van der Waals surface area contributed by atoms with E-state index in [1.54, 1.807) is 0 Å². The summed E-state index contributed by atoms with van der Waals surface area (Å²) in [7, 11) is 2.09. The van der Waals surface area contributed by atoms with Crippen molar-refractivity contribution in [3.63, 3.8) is 0 Å². The van der Waals surface area contributed by atoms with Crippen LogP contribution in [0.4, 0.5) is 0 Å². The van der Waals surface area contributed by atoms with Crippen LogP contribution in [0.15, 0.2) is 12.4 Å². The van der Waals surface area contributed by atoms with Crippen LogP contribution in [0.2, 0.25) is 0 Å². The molecule has 3 rings (SSSR count). The number of aromatic nitrogens is 2. The van der Waals surface area contributed by atoms with E-state index in [9.17, 15) is 0 Å². The van der Waals surface area contributed by atoms with E-state index >= 15 is 0 Å². The van der Waals surface area contributed by atoms with Crippen LogP contribution in [0.3, 0.4) is 0 Å². The van der Waals surface area contributed by atoms with Crippen molar-refractivity contribution in [2.45, 2.75) is 44.7 Å². The van der Waals surface area contributed by atoms with E-state index in [1.165, 1.54) is 44.5 Å². The van der Waals surface area contributed by atoms with Gasteiger partial charge in [0.15, 0.2) is 0 Å². The third kappa shape index (κ3) is 3.18. The number of rotatable bonds is 3. The van der Waals surface area contributed by atoms with E-state index in [1.807, 2.05) is 12.4 Å². The maximum Gasteiger partial charge on any atom is 0.122 e. The fourth-order valence-electron chi connectivity index (χ4n) is 3.59. The normalized spacial score (nSPS) is 26.7. The van der Waals surface area contributed by atoms with Crippen molar-refractivity contribution in [2.24, 2.45) is 13.0 Å². The van der Waals surface area contributed by atoms with E-state index < -0.39 is 0 Å². The second-order valence-electron chi connectivity index (χ2n) is 6.15. The molecule has 1 aliphatic heterocycles. The fraction of sp³-hybridized carbons (Fsp3) is 0.800. The first-order valence-corrected chi connectivity index (χ1v) is 7.75. The Bertz CT molecular complexity index is 395. The zero-order valence-electron chi connectivity index (χ0n) is 12.0. The number of hydrogen-bond donors (Lipinski definition) is 1. The zero-order chi connectivity index (χ0) is 13.1. The molecule has 1 saturated heterocycles. The molecule has 106 valence electrons. The van der Waals surface area contributed by atoms with Crippen LogP contribution >= 0.6 is 0 Å². The lowest BCUT2D eigenvalue weighted by Crippen LogP contribution is -2.53. The summed E-state index contributed by atoms with van der Waals surface area (Å²) in [4.78, 5) is 7.02. The summed E-state index contributed by atoms with van der Waals surface area (Å²) in [5.41, 5.74) is 0. The predicted octanol–water partition coefficient (Wildman–Crippen LogP) is 1.77. The molecule has 0 bridgehead atoms. The van der Waals surface area contributed by atoms with Gasteiger partial charge in [-0.25, -0.2) is 4.98 Å². The van der Waals surface area contributed by atoms with Crippen LogP contribution in [0.1, 0.15) is 37.9 Å². The third-order valence-corrected chi connectivity index (χ3v) is 4.79. The van der Waals surface area contributed by atoms with Crippen molar-refractivity contribution in [1.82, 2.24) is 19.8 Å². The van der Waals surface area contributed by atoms with Gasteiger partial charge in [0.1, 0.15) is 5.82 Å². The first-order valence-electron chi connectivity index (χ1n) is 7.75. The van der Waals surface area contributed by atoms with Gasteiger partial charge in [0.05, 0.1) is 6.54 Å². The Labute approximate surface area is 116 Å². The van der Waals surface area contributed by atoms with Crippen LogP contribution in [0.5, 0.6) is 0 Å². The second kappa shape index (κ2) is 6.06. The lowest BCUT2D eigenvalue weighted by Gasteiger charge is -2.39. The minimum atomic E-state index is 0.703. The average Bonchev–Trinajstić information content (AvgIpc) is 2.86. The highest BCUT2D eigenvalue weighted by Gasteiger charge is 2.28. The largest absolute Gasteiger partial charge is 0.337 e. The summed E-state index contributed by atoms with van der Waals surface area (Å²) in [6.07, 6.45) is 11.1. The highest BCUT2D eigenvalue weighted by Crippen LogP contribution is 2.27. The molecular formula is C15H26N4. The molecule has 1 atom stereocenters. The van der Waals surface area contributed by atoms with E-state index in [2.05, 4.69) is 26.8 Å². The lowest BCUT2D eigenvalue weighted by atomic mass is 9.83. The van der Waals surface area contributed by atoms with Gasteiger partial charge in [0, 0.05) is 45.1 Å². The molecule has 1 aromatic rings. The summed E-state index contributed by atoms with van der Waals surface area (Å²) in [6, 6.07) is 0.703. The first-order chi connectivity index (χ1) is 9.33. The van der Waals surface area contributed by atoms with Crippen molar-refractivity contribution < 1.29 is 0 Å². The van der Waals surface area contributed by atoms with Gasteiger partial charge in [-0.1, -0.05) is 19.3 Å². The van der Waals surface area contributed by atoms with Gasteiger partial charge in [0.25, 0.3) is 0 Å². The quantitative estimate of drug-likeness (QED) is 0.901. The molecule has 0 amide bonds. The molecule has 1 unspecified atom stereocenters. The molecule has 2 aliphatic rings. The highest BCUT2D eigenvalue weighted by molar-refractivity contribution is 4.93. The monoisotopic (exact) mass is 262 g/mol. The van der Waals surface area contributed by atoms with E-state index in [0.717, 1.165) is 25.6 Å². The minimum absolute atomic E-state index is 0.703. The van der Waals surface area contributed by atoms with E-state index in [-0.39, 0.29) is 0 Å². The van der Waals surface area contributed by atoms with Crippen molar-refractivity contribution >= 4 is 0 Å². The Balaban J connectivity index is 1.57. The van der Waals surface area contributed by atoms with Crippen molar-refractivity contribution in [2.75, 3.05) is 19.6 Å². The first kappa shape index (κ1) is 13.1. The van der Waals surface area contributed by atoms with Crippen LogP contribution in [-0.2, 0) is 13.6 Å². The summed E-state index contributed by atoms with van der Waals surface area (Å²) in [5, 5.41) is 3.74.